The van der Waals surface area contributed by atoms with E-state index in [-0.39, 0.29) is 37.1 Å². The average molecular weight is 621 g/mol. The van der Waals surface area contributed by atoms with E-state index in [1.54, 1.807) is 19.1 Å². The summed E-state index contributed by atoms with van der Waals surface area (Å²) in [4.78, 5) is 39.2. The molecule has 0 unspecified atom stereocenters. The maximum absolute atomic E-state index is 12.1. The zero-order chi connectivity index (χ0) is 31.9. The monoisotopic (exact) mass is 620 g/mol. The number of carbonyl (C=O) groups is 3. The molecule has 3 N–H and O–H groups in total. The van der Waals surface area contributed by atoms with Gasteiger partial charge in [0, 0.05) is 52.5 Å². The van der Waals surface area contributed by atoms with Gasteiger partial charge in [0.25, 0.3) is 0 Å². The molecule has 14 nitrogen and oxygen atoms in total. The molecule has 0 radical (unpaired) electrons. The lowest BCUT2D eigenvalue weighted by Crippen LogP contribution is -2.48. The van der Waals surface area contributed by atoms with Crippen molar-refractivity contribution in [2.45, 2.75) is 64.1 Å². The van der Waals surface area contributed by atoms with Crippen molar-refractivity contribution in [2.24, 2.45) is 5.73 Å². The second-order valence-electron chi connectivity index (χ2n) is 11.3. The van der Waals surface area contributed by atoms with Crippen molar-refractivity contribution >= 4 is 17.9 Å². The summed E-state index contributed by atoms with van der Waals surface area (Å²) >= 11 is 0. The van der Waals surface area contributed by atoms with Crippen LogP contribution in [-0.2, 0) is 42.7 Å². The van der Waals surface area contributed by atoms with Crippen LogP contribution < -0.4 is 11.1 Å². The quantitative estimate of drug-likeness (QED) is 0.221. The highest BCUT2D eigenvalue weighted by molar-refractivity contribution is 5.78. The van der Waals surface area contributed by atoms with Gasteiger partial charge >= 0.3 is 6.09 Å². The first-order valence-corrected chi connectivity index (χ1v) is 15.1. The van der Waals surface area contributed by atoms with E-state index in [0.717, 1.165) is 25.9 Å². The number of alkyl carbamates (subject to hydrolysis) is 1. The molecular formula is C29H56N4O10. The Kier molecular flexibility index (Phi) is 21.1. The minimum atomic E-state index is -0.509. The predicted octanol–water partition coefficient (Wildman–Crippen LogP) is 0.797. The molecule has 0 atom stereocenters. The largest absolute Gasteiger partial charge is 0.444 e. The van der Waals surface area contributed by atoms with Crippen LogP contribution >= 0.6 is 0 Å². The zero-order valence-corrected chi connectivity index (χ0v) is 26.9. The maximum atomic E-state index is 12.1. The topological polar surface area (TPSA) is 160 Å². The van der Waals surface area contributed by atoms with Crippen molar-refractivity contribution < 1.29 is 47.5 Å². The molecule has 0 spiro atoms. The second-order valence-corrected chi connectivity index (χ2v) is 11.3. The predicted molar refractivity (Wildman–Crippen MR) is 160 cm³/mol. The molecule has 2 aliphatic heterocycles. The van der Waals surface area contributed by atoms with Crippen LogP contribution in [0.5, 0.6) is 0 Å². The summed E-state index contributed by atoms with van der Waals surface area (Å²) in [5.74, 6) is 0.00593. The van der Waals surface area contributed by atoms with Gasteiger partial charge in [-0.1, -0.05) is 0 Å². The molecule has 14 heteroatoms. The van der Waals surface area contributed by atoms with E-state index >= 15 is 0 Å². The number of rotatable bonds is 17. The Balaban J connectivity index is 0.000000453. The molecule has 43 heavy (non-hydrogen) atoms. The van der Waals surface area contributed by atoms with E-state index in [9.17, 15) is 14.4 Å². The number of hydrogen-bond donors (Lipinski definition) is 2. The fourth-order valence-electron chi connectivity index (χ4n) is 4.12. The molecule has 2 aliphatic rings. The van der Waals surface area contributed by atoms with Gasteiger partial charge in [0.1, 0.15) is 18.8 Å². The van der Waals surface area contributed by atoms with Crippen LogP contribution in [0.1, 0.15) is 46.5 Å². The van der Waals surface area contributed by atoms with Crippen LogP contribution in [0, 0.1) is 0 Å². The lowest BCUT2D eigenvalue weighted by Gasteiger charge is -2.32. The number of nitrogens with one attached hydrogen (secondary N) is 1. The Morgan fingerprint density at radius 2 is 1.07 bits per heavy atom. The van der Waals surface area contributed by atoms with Gasteiger partial charge in [-0.05, 0) is 46.5 Å². The molecule has 2 saturated heterocycles. The summed E-state index contributed by atoms with van der Waals surface area (Å²) in [5, 5.41) is 2.85. The van der Waals surface area contributed by atoms with E-state index in [1.807, 2.05) is 25.7 Å². The normalized spacial score (nSPS) is 16.4. The molecule has 0 aliphatic carbocycles. The number of nitrogens with two attached hydrogens (primary N) is 1. The summed E-state index contributed by atoms with van der Waals surface area (Å²) < 4.78 is 36.0. The minimum Gasteiger partial charge on any atom is -0.444 e. The Morgan fingerprint density at radius 1 is 0.674 bits per heavy atom. The smallest absolute Gasteiger partial charge is 0.407 e. The Hall–Kier alpha value is -2.07. The van der Waals surface area contributed by atoms with Crippen molar-refractivity contribution in [3.05, 3.63) is 0 Å². The van der Waals surface area contributed by atoms with E-state index in [0.29, 0.717) is 78.8 Å². The highest BCUT2D eigenvalue weighted by Gasteiger charge is 2.25. The molecule has 252 valence electrons. The lowest BCUT2D eigenvalue weighted by atomic mass is 10.1. The van der Waals surface area contributed by atoms with Crippen LogP contribution in [0.25, 0.3) is 0 Å². The summed E-state index contributed by atoms with van der Waals surface area (Å²) in [6.45, 7) is 12.3. The third-order valence-electron chi connectivity index (χ3n) is 6.52. The zero-order valence-electron chi connectivity index (χ0n) is 26.9. The SMILES string of the molecule is COCCOCCOCC(=O)N1CCC(N)CC1.COCCOCCOCC(=O)N1CCC(NC(=O)OC(C)(C)C)CC1. The summed E-state index contributed by atoms with van der Waals surface area (Å²) in [6.07, 6.45) is 2.78. The summed E-state index contributed by atoms with van der Waals surface area (Å²) in [6, 6.07) is 0.276. The number of amides is 3. The second kappa shape index (κ2) is 23.3. The molecule has 2 fully saturated rings. The van der Waals surface area contributed by atoms with Crippen LogP contribution in [-0.4, -0.2) is 152 Å². The van der Waals surface area contributed by atoms with Crippen LogP contribution in [0.3, 0.4) is 0 Å². The summed E-state index contributed by atoms with van der Waals surface area (Å²) in [7, 11) is 3.24. The van der Waals surface area contributed by atoms with Gasteiger partial charge in [0.15, 0.2) is 0 Å². The van der Waals surface area contributed by atoms with E-state index in [4.69, 9.17) is 38.9 Å². The van der Waals surface area contributed by atoms with Gasteiger partial charge in [0.2, 0.25) is 11.8 Å². The molecule has 2 rings (SSSR count). The average Bonchev–Trinajstić information content (AvgIpc) is 2.96. The highest BCUT2D eigenvalue weighted by atomic mass is 16.6. The number of nitrogens with zero attached hydrogens (tertiary/aromatic N) is 2. The first-order chi connectivity index (χ1) is 20.6. The first-order valence-electron chi connectivity index (χ1n) is 15.1. The van der Waals surface area contributed by atoms with Gasteiger partial charge in [-0.2, -0.15) is 0 Å². The molecule has 0 aromatic carbocycles. The summed E-state index contributed by atoms with van der Waals surface area (Å²) in [5.41, 5.74) is 5.27. The first kappa shape index (κ1) is 39.0. The van der Waals surface area contributed by atoms with Crippen molar-refractivity contribution in [2.75, 3.05) is 106 Å². The third-order valence-corrected chi connectivity index (χ3v) is 6.52. The molecule has 0 saturated carbocycles. The number of ether oxygens (including phenoxy) is 7. The fraction of sp³-hybridized carbons (Fsp3) is 0.897. The van der Waals surface area contributed by atoms with Gasteiger partial charge in [-0.3, -0.25) is 9.59 Å². The Bertz CT molecular complexity index is 752. The van der Waals surface area contributed by atoms with Crippen LogP contribution in [0.4, 0.5) is 4.79 Å². The number of piperidine rings is 2. The van der Waals surface area contributed by atoms with Gasteiger partial charge in [-0.25, -0.2) is 4.79 Å². The molecule has 2 heterocycles. The Morgan fingerprint density at radius 3 is 1.49 bits per heavy atom. The van der Waals surface area contributed by atoms with E-state index in [1.165, 1.54) is 0 Å². The standard InChI is InChI=1S/C17H32N2O6.C12H24N2O4/c1-17(2,3)25-16(21)18-14-5-7-19(8-6-14)15(20)13-24-12-11-23-10-9-22-4;1-16-6-7-17-8-9-18-10-12(15)14-4-2-11(13)3-5-14/h14H,5-13H2,1-4H3,(H,18,21);11H,2-10,13H2,1H3. The highest BCUT2D eigenvalue weighted by Crippen LogP contribution is 2.13. The molecule has 0 aromatic rings. The van der Waals surface area contributed by atoms with Gasteiger partial charge in [0.05, 0.1) is 52.9 Å². The van der Waals surface area contributed by atoms with Crippen molar-refractivity contribution in [1.29, 1.82) is 0 Å². The van der Waals surface area contributed by atoms with Crippen LogP contribution in [0.2, 0.25) is 0 Å². The molecular weight excluding hydrogens is 564 g/mol. The molecule has 0 bridgehead atoms. The molecule has 0 aromatic heterocycles. The van der Waals surface area contributed by atoms with Crippen molar-refractivity contribution in [3.8, 4) is 0 Å². The lowest BCUT2D eigenvalue weighted by molar-refractivity contribution is -0.138. The number of carbonyl (C=O) groups excluding carboxylic acids is 3. The number of likely N-dealkylation sites (tertiary alicyclic amines) is 2. The van der Waals surface area contributed by atoms with E-state index < -0.39 is 11.7 Å². The van der Waals surface area contributed by atoms with E-state index in [2.05, 4.69) is 5.32 Å². The number of methoxy groups -OCH3 is 2. The maximum Gasteiger partial charge on any atom is 0.407 e. The van der Waals surface area contributed by atoms with Gasteiger partial charge < -0.3 is 54.0 Å². The minimum absolute atomic E-state index is 0.0346. The van der Waals surface area contributed by atoms with Gasteiger partial charge in [-0.15, -0.1) is 0 Å². The third kappa shape index (κ3) is 20.5. The van der Waals surface area contributed by atoms with Crippen molar-refractivity contribution in [1.82, 2.24) is 15.1 Å². The Labute approximate surface area is 257 Å². The number of hydrogen-bond acceptors (Lipinski definition) is 11. The molecule has 3 amide bonds. The fourth-order valence-corrected chi connectivity index (χ4v) is 4.12. The van der Waals surface area contributed by atoms with Crippen molar-refractivity contribution in [3.63, 3.8) is 0 Å². The van der Waals surface area contributed by atoms with Crippen LogP contribution in [0.15, 0.2) is 0 Å².